The Morgan fingerprint density at radius 1 is 1.10 bits per heavy atom. The molecule has 2 heterocycles. The number of ether oxygens (including phenoxy) is 1. The van der Waals surface area contributed by atoms with Gasteiger partial charge in [0.15, 0.2) is 0 Å². The smallest absolute Gasteiger partial charge is 0.411 e. The number of nitrogens with one attached hydrogen (secondary N) is 2. The van der Waals surface area contributed by atoms with Crippen LogP contribution in [0.3, 0.4) is 0 Å². The monoisotopic (exact) mass is 392 g/mol. The summed E-state index contributed by atoms with van der Waals surface area (Å²) in [6.07, 6.45) is -0.0849. The Kier molecular flexibility index (Phi) is 4.74. The van der Waals surface area contributed by atoms with Crippen molar-refractivity contribution in [3.05, 3.63) is 59.7 Å². The van der Waals surface area contributed by atoms with Gasteiger partial charge in [0.2, 0.25) is 11.9 Å². The summed E-state index contributed by atoms with van der Waals surface area (Å²) in [5.41, 5.74) is 3.03. The minimum absolute atomic E-state index is 0.301. The Labute approximate surface area is 169 Å². The molecule has 1 aliphatic heterocycles. The van der Waals surface area contributed by atoms with Gasteiger partial charge >= 0.3 is 6.09 Å². The van der Waals surface area contributed by atoms with Crippen molar-refractivity contribution >= 4 is 29.0 Å². The van der Waals surface area contributed by atoms with Crippen LogP contribution in [0.25, 0.3) is 11.0 Å². The molecule has 0 bridgehead atoms. The molecule has 0 saturated carbocycles. The van der Waals surface area contributed by atoms with Crippen LogP contribution in [0.5, 0.6) is 0 Å². The number of carbonyl (C=O) groups is 2. The molecule has 0 aliphatic carbocycles. The fourth-order valence-corrected chi connectivity index (χ4v) is 3.48. The van der Waals surface area contributed by atoms with Crippen molar-refractivity contribution in [3.8, 4) is 0 Å². The predicted octanol–water partition coefficient (Wildman–Crippen LogP) is 3.86. The third-order valence-electron chi connectivity index (χ3n) is 4.81. The van der Waals surface area contributed by atoms with Gasteiger partial charge in [0, 0.05) is 6.42 Å². The number of para-hydroxylation sites is 2. The standard InChI is InChI=1S/C22H24N4O3/c1-22(2,3)29-21(28)26-13-15-9-5-4-8-14(15)12-18(26)19(27)25-20-23-16-10-6-7-11-17(16)24-20/h4-11,18H,12-13H2,1-3H3,(H2,23,24,25,27)/t18-/m0/s1. The van der Waals surface area contributed by atoms with Crippen molar-refractivity contribution in [2.75, 3.05) is 5.32 Å². The van der Waals surface area contributed by atoms with Crippen LogP contribution in [0.15, 0.2) is 48.5 Å². The Bertz CT molecular complexity index is 1030. The van der Waals surface area contributed by atoms with Crippen LogP contribution in [0.2, 0.25) is 0 Å². The number of rotatable bonds is 2. The van der Waals surface area contributed by atoms with Gasteiger partial charge < -0.3 is 9.72 Å². The van der Waals surface area contributed by atoms with E-state index < -0.39 is 17.7 Å². The number of aromatic nitrogens is 2. The molecule has 1 aromatic heterocycles. The average molecular weight is 392 g/mol. The molecule has 2 N–H and O–H groups in total. The second kappa shape index (κ2) is 7.24. The average Bonchev–Trinajstić information content (AvgIpc) is 3.07. The maximum absolute atomic E-state index is 13.1. The van der Waals surface area contributed by atoms with Crippen LogP contribution in [0, 0.1) is 0 Å². The summed E-state index contributed by atoms with van der Waals surface area (Å²) in [6.45, 7) is 5.76. The topological polar surface area (TPSA) is 87.3 Å². The molecule has 3 aromatic rings. The van der Waals surface area contributed by atoms with E-state index in [1.54, 1.807) is 0 Å². The third-order valence-corrected chi connectivity index (χ3v) is 4.81. The number of carbonyl (C=O) groups excluding carboxylic acids is 2. The predicted molar refractivity (Wildman–Crippen MR) is 110 cm³/mol. The zero-order chi connectivity index (χ0) is 20.6. The van der Waals surface area contributed by atoms with E-state index in [0.717, 1.165) is 22.2 Å². The van der Waals surface area contributed by atoms with Gasteiger partial charge in [-0.3, -0.25) is 15.0 Å². The third kappa shape index (κ3) is 4.08. The van der Waals surface area contributed by atoms with Gasteiger partial charge in [0.1, 0.15) is 11.6 Å². The van der Waals surface area contributed by atoms with E-state index in [2.05, 4.69) is 15.3 Å². The van der Waals surface area contributed by atoms with E-state index in [1.807, 2.05) is 69.3 Å². The number of H-pyrrole nitrogens is 1. The van der Waals surface area contributed by atoms with Crippen molar-refractivity contribution in [2.24, 2.45) is 0 Å². The fraction of sp³-hybridized carbons (Fsp3) is 0.318. The number of nitrogens with zero attached hydrogens (tertiary/aromatic N) is 2. The lowest BCUT2D eigenvalue weighted by Gasteiger charge is -2.36. The molecule has 7 nitrogen and oxygen atoms in total. The molecule has 4 rings (SSSR count). The molecular weight excluding hydrogens is 368 g/mol. The van der Waals surface area contributed by atoms with E-state index in [1.165, 1.54) is 4.90 Å². The normalized spacial score (nSPS) is 16.4. The van der Waals surface area contributed by atoms with Gasteiger partial charge in [0.05, 0.1) is 17.6 Å². The molecular formula is C22H24N4O3. The summed E-state index contributed by atoms with van der Waals surface area (Å²) in [7, 11) is 0. The molecule has 0 unspecified atom stereocenters. The molecule has 2 aromatic carbocycles. The van der Waals surface area contributed by atoms with Crippen LogP contribution in [0.4, 0.5) is 10.7 Å². The highest BCUT2D eigenvalue weighted by Gasteiger charge is 2.37. The second-order valence-corrected chi connectivity index (χ2v) is 8.19. The summed E-state index contributed by atoms with van der Waals surface area (Å²) in [5.74, 6) is 0.0589. The van der Waals surface area contributed by atoms with Gasteiger partial charge in [-0.2, -0.15) is 0 Å². The van der Waals surface area contributed by atoms with Crippen molar-refractivity contribution < 1.29 is 14.3 Å². The number of fused-ring (bicyclic) bond motifs is 2. The molecule has 0 fully saturated rings. The molecule has 2 amide bonds. The number of anilines is 1. The Balaban J connectivity index is 1.60. The van der Waals surface area contributed by atoms with Gasteiger partial charge in [-0.15, -0.1) is 0 Å². The van der Waals surface area contributed by atoms with E-state index >= 15 is 0 Å². The lowest BCUT2D eigenvalue weighted by atomic mass is 9.94. The largest absolute Gasteiger partial charge is 0.444 e. The zero-order valence-electron chi connectivity index (χ0n) is 16.7. The first-order chi connectivity index (χ1) is 13.8. The fourth-order valence-electron chi connectivity index (χ4n) is 3.48. The summed E-state index contributed by atoms with van der Waals surface area (Å²) in [5, 5.41) is 2.82. The quantitative estimate of drug-likeness (QED) is 0.693. The molecule has 1 atom stereocenters. The first-order valence-electron chi connectivity index (χ1n) is 9.62. The van der Waals surface area contributed by atoms with Crippen LogP contribution >= 0.6 is 0 Å². The molecule has 29 heavy (non-hydrogen) atoms. The Morgan fingerprint density at radius 3 is 2.52 bits per heavy atom. The lowest BCUT2D eigenvalue weighted by Crippen LogP contribution is -2.52. The van der Waals surface area contributed by atoms with Gasteiger partial charge in [-0.1, -0.05) is 36.4 Å². The molecule has 0 radical (unpaired) electrons. The maximum Gasteiger partial charge on any atom is 0.411 e. The van der Waals surface area contributed by atoms with Crippen molar-refractivity contribution in [2.45, 2.75) is 45.4 Å². The maximum atomic E-state index is 13.1. The minimum atomic E-state index is -0.687. The first kappa shape index (κ1) is 19.0. The van der Waals surface area contributed by atoms with Crippen LogP contribution in [-0.4, -0.2) is 38.5 Å². The highest BCUT2D eigenvalue weighted by atomic mass is 16.6. The molecule has 0 saturated heterocycles. The molecule has 1 aliphatic rings. The summed E-state index contributed by atoms with van der Waals surface area (Å²) >= 11 is 0. The summed E-state index contributed by atoms with van der Waals surface area (Å²) in [6, 6.07) is 14.7. The van der Waals surface area contributed by atoms with E-state index in [-0.39, 0.29) is 5.91 Å². The summed E-state index contributed by atoms with van der Waals surface area (Å²) in [4.78, 5) is 34.9. The van der Waals surface area contributed by atoms with Crippen LogP contribution < -0.4 is 5.32 Å². The van der Waals surface area contributed by atoms with Crippen molar-refractivity contribution in [3.63, 3.8) is 0 Å². The number of aromatic amines is 1. The van der Waals surface area contributed by atoms with Gasteiger partial charge in [0.25, 0.3) is 0 Å². The minimum Gasteiger partial charge on any atom is -0.444 e. The number of imidazole rings is 1. The SMILES string of the molecule is CC(C)(C)OC(=O)N1Cc2ccccc2C[C@H]1C(=O)Nc1nc2ccccc2[nH]1. The van der Waals surface area contributed by atoms with E-state index in [9.17, 15) is 9.59 Å². The van der Waals surface area contributed by atoms with Crippen LogP contribution in [-0.2, 0) is 22.5 Å². The van der Waals surface area contributed by atoms with Crippen molar-refractivity contribution in [1.82, 2.24) is 14.9 Å². The number of hydrogen-bond acceptors (Lipinski definition) is 4. The second-order valence-electron chi connectivity index (χ2n) is 8.19. The zero-order valence-corrected chi connectivity index (χ0v) is 16.7. The van der Waals surface area contributed by atoms with Gasteiger partial charge in [-0.05, 0) is 44.0 Å². The molecule has 7 heteroatoms. The number of benzene rings is 2. The molecule has 150 valence electrons. The van der Waals surface area contributed by atoms with Gasteiger partial charge in [-0.25, -0.2) is 9.78 Å². The number of amides is 2. The van der Waals surface area contributed by atoms with Crippen molar-refractivity contribution in [1.29, 1.82) is 0 Å². The Hall–Kier alpha value is -3.35. The van der Waals surface area contributed by atoms with E-state index in [0.29, 0.717) is 18.9 Å². The molecule has 0 spiro atoms. The highest BCUT2D eigenvalue weighted by molar-refractivity contribution is 5.97. The number of hydrogen-bond donors (Lipinski definition) is 2. The Morgan fingerprint density at radius 2 is 1.79 bits per heavy atom. The highest BCUT2D eigenvalue weighted by Crippen LogP contribution is 2.26. The summed E-state index contributed by atoms with van der Waals surface area (Å²) < 4.78 is 5.55. The first-order valence-corrected chi connectivity index (χ1v) is 9.62. The lowest BCUT2D eigenvalue weighted by molar-refractivity contribution is -0.121. The van der Waals surface area contributed by atoms with E-state index in [4.69, 9.17) is 4.74 Å². The van der Waals surface area contributed by atoms with Crippen LogP contribution in [0.1, 0.15) is 31.9 Å².